The first-order chi connectivity index (χ1) is 8.52. The lowest BCUT2D eigenvalue weighted by atomic mass is 10.1. The second-order valence-electron chi connectivity index (χ2n) is 4.44. The summed E-state index contributed by atoms with van der Waals surface area (Å²) in [5, 5.41) is 4.03. The van der Waals surface area contributed by atoms with Gasteiger partial charge in [-0.2, -0.15) is 0 Å². The van der Waals surface area contributed by atoms with Crippen LogP contribution in [0.2, 0.25) is 0 Å². The fourth-order valence-electron chi connectivity index (χ4n) is 2.09. The van der Waals surface area contributed by atoms with Crippen LogP contribution < -0.4 is 10.9 Å². The summed E-state index contributed by atoms with van der Waals surface area (Å²) in [5.74, 6) is -0.0305. The van der Waals surface area contributed by atoms with Crippen molar-refractivity contribution in [3.8, 4) is 0 Å². The highest BCUT2D eigenvalue weighted by atomic mass is 16.1. The Morgan fingerprint density at radius 3 is 2.67 bits per heavy atom. The van der Waals surface area contributed by atoms with Crippen LogP contribution >= 0.6 is 0 Å². The largest absolute Gasteiger partial charge is 0.388 e. The van der Waals surface area contributed by atoms with Crippen LogP contribution in [-0.2, 0) is 11.3 Å². The minimum atomic E-state index is -0.136. The minimum Gasteiger partial charge on any atom is -0.388 e. The van der Waals surface area contributed by atoms with Crippen LogP contribution in [0.3, 0.4) is 0 Å². The van der Waals surface area contributed by atoms with E-state index in [9.17, 15) is 9.59 Å². The molecule has 0 amide bonds. The van der Waals surface area contributed by atoms with Gasteiger partial charge in [-0.1, -0.05) is 6.07 Å². The number of hydrogen-bond acceptors (Lipinski definition) is 3. The van der Waals surface area contributed by atoms with Crippen molar-refractivity contribution < 1.29 is 4.79 Å². The summed E-state index contributed by atoms with van der Waals surface area (Å²) >= 11 is 0. The maximum Gasteiger partial charge on any atom is 0.251 e. The molecular weight excluding hydrogens is 228 g/mol. The van der Waals surface area contributed by atoms with E-state index in [0.717, 1.165) is 22.2 Å². The average molecular weight is 244 g/mol. The van der Waals surface area contributed by atoms with E-state index in [4.69, 9.17) is 0 Å². The van der Waals surface area contributed by atoms with E-state index in [1.807, 2.05) is 32.2 Å². The quantitative estimate of drug-likeness (QED) is 0.897. The Morgan fingerprint density at radius 1 is 1.33 bits per heavy atom. The maximum atomic E-state index is 12.0. The molecule has 4 nitrogen and oxygen atoms in total. The zero-order valence-electron chi connectivity index (χ0n) is 10.8. The molecule has 0 atom stereocenters. The van der Waals surface area contributed by atoms with Gasteiger partial charge in [0, 0.05) is 24.2 Å². The summed E-state index contributed by atoms with van der Waals surface area (Å²) in [4.78, 5) is 23.3. The first-order valence-electron chi connectivity index (χ1n) is 5.84. The number of pyridine rings is 1. The van der Waals surface area contributed by atoms with Gasteiger partial charge in [-0.3, -0.25) is 9.59 Å². The van der Waals surface area contributed by atoms with Gasteiger partial charge in [0.25, 0.3) is 5.56 Å². The topological polar surface area (TPSA) is 51.1 Å². The Hall–Kier alpha value is -2.10. The Bertz CT molecular complexity index is 671. The van der Waals surface area contributed by atoms with Crippen LogP contribution in [0.25, 0.3) is 10.9 Å². The summed E-state index contributed by atoms with van der Waals surface area (Å²) in [6, 6.07) is 7.39. The summed E-state index contributed by atoms with van der Waals surface area (Å²) in [6.07, 6.45) is 0. The van der Waals surface area contributed by atoms with Gasteiger partial charge in [0.05, 0.1) is 12.1 Å². The number of anilines is 1. The zero-order chi connectivity index (χ0) is 13.3. The highest BCUT2D eigenvalue weighted by molar-refractivity contribution is 5.87. The van der Waals surface area contributed by atoms with E-state index in [1.54, 1.807) is 6.07 Å². The summed E-state index contributed by atoms with van der Waals surface area (Å²) < 4.78 is 1.52. The molecule has 0 bridgehead atoms. The number of hydrogen-bond donors (Lipinski definition) is 1. The molecule has 1 aromatic heterocycles. The molecule has 0 fully saturated rings. The van der Waals surface area contributed by atoms with Crippen molar-refractivity contribution in [1.82, 2.24) is 4.57 Å². The number of benzene rings is 1. The third-order valence-corrected chi connectivity index (χ3v) is 2.99. The number of nitrogens with zero attached hydrogens (tertiary/aromatic N) is 1. The van der Waals surface area contributed by atoms with Crippen LogP contribution in [0, 0.1) is 6.92 Å². The van der Waals surface area contributed by atoms with Crippen molar-refractivity contribution >= 4 is 22.4 Å². The summed E-state index contributed by atoms with van der Waals surface area (Å²) in [6.45, 7) is 3.50. The van der Waals surface area contributed by atoms with Crippen LogP contribution in [0.5, 0.6) is 0 Å². The molecule has 4 heteroatoms. The van der Waals surface area contributed by atoms with Crippen molar-refractivity contribution in [1.29, 1.82) is 0 Å². The lowest BCUT2D eigenvalue weighted by Crippen LogP contribution is -2.23. The molecule has 2 aromatic rings. The van der Waals surface area contributed by atoms with E-state index in [2.05, 4.69) is 5.32 Å². The van der Waals surface area contributed by atoms with Gasteiger partial charge in [-0.05, 0) is 31.5 Å². The van der Waals surface area contributed by atoms with E-state index < -0.39 is 0 Å². The first kappa shape index (κ1) is 12.4. The monoisotopic (exact) mass is 244 g/mol. The predicted molar refractivity (Wildman–Crippen MR) is 73.2 cm³/mol. The number of fused-ring (bicyclic) bond motifs is 1. The SMILES string of the molecule is CNc1ccc2c(C)cc(=O)n(CC(C)=O)c2c1. The molecule has 0 aliphatic carbocycles. The molecule has 0 unspecified atom stereocenters. The zero-order valence-corrected chi connectivity index (χ0v) is 10.8. The average Bonchev–Trinajstić information content (AvgIpc) is 2.33. The number of aryl methyl sites for hydroxylation is 1. The number of nitrogens with one attached hydrogen (secondary N) is 1. The van der Waals surface area contributed by atoms with Gasteiger partial charge < -0.3 is 9.88 Å². The summed E-state index contributed by atoms with van der Waals surface area (Å²) in [5.41, 5.74) is 2.51. The number of carbonyl (C=O) groups excluding carboxylic acids is 1. The van der Waals surface area contributed by atoms with Gasteiger partial charge in [0.2, 0.25) is 0 Å². The number of aromatic nitrogens is 1. The van der Waals surface area contributed by atoms with Gasteiger partial charge in [-0.15, -0.1) is 0 Å². The fourth-order valence-corrected chi connectivity index (χ4v) is 2.09. The molecule has 18 heavy (non-hydrogen) atoms. The van der Waals surface area contributed by atoms with Crippen molar-refractivity contribution in [3.63, 3.8) is 0 Å². The molecule has 1 heterocycles. The third kappa shape index (κ3) is 2.14. The number of ketones is 1. The highest BCUT2D eigenvalue weighted by Crippen LogP contribution is 2.20. The van der Waals surface area contributed by atoms with Crippen molar-refractivity contribution in [2.24, 2.45) is 0 Å². The molecule has 1 N–H and O–H groups in total. The Kier molecular flexibility index (Phi) is 3.19. The van der Waals surface area contributed by atoms with Gasteiger partial charge in [0.1, 0.15) is 5.78 Å². The fraction of sp³-hybridized carbons (Fsp3) is 0.286. The van der Waals surface area contributed by atoms with E-state index >= 15 is 0 Å². The lowest BCUT2D eigenvalue weighted by molar-refractivity contribution is -0.117. The number of carbonyl (C=O) groups is 1. The summed E-state index contributed by atoms with van der Waals surface area (Å²) in [7, 11) is 1.82. The molecule has 0 saturated carbocycles. The molecule has 1 aromatic carbocycles. The Morgan fingerprint density at radius 2 is 2.06 bits per heavy atom. The second kappa shape index (κ2) is 4.64. The normalized spacial score (nSPS) is 10.6. The van der Waals surface area contributed by atoms with Crippen LogP contribution in [0.1, 0.15) is 12.5 Å². The standard InChI is InChI=1S/C14H16N2O2/c1-9-6-14(18)16(8-10(2)17)13-7-11(15-3)4-5-12(9)13/h4-7,15H,8H2,1-3H3. The van der Waals surface area contributed by atoms with E-state index in [0.29, 0.717) is 0 Å². The van der Waals surface area contributed by atoms with E-state index in [-0.39, 0.29) is 17.9 Å². The second-order valence-corrected chi connectivity index (χ2v) is 4.44. The smallest absolute Gasteiger partial charge is 0.251 e. The highest BCUT2D eigenvalue weighted by Gasteiger charge is 2.08. The molecule has 0 spiro atoms. The molecule has 0 radical (unpaired) electrons. The van der Waals surface area contributed by atoms with Gasteiger partial charge in [-0.25, -0.2) is 0 Å². The molecule has 2 rings (SSSR count). The predicted octanol–water partition coefficient (Wildman–Crippen LogP) is 1.94. The Balaban J connectivity index is 2.81. The van der Waals surface area contributed by atoms with Crippen molar-refractivity contribution in [2.75, 3.05) is 12.4 Å². The van der Waals surface area contributed by atoms with E-state index in [1.165, 1.54) is 11.5 Å². The third-order valence-electron chi connectivity index (χ3n) is 2.99. The molecule has 94 valence electrons. The first-order valence-corrected chi connectivity index (χ1v) is 5.84. The van der Waals surface area contributed by atoms with Crippen molar-refractivity contribution in [2.45, 2.75) is 20.4 Å². The van der Waals surface area contributed by atoms with Crippen molar-refractivity contribution in [3.05, 3.63) is 40.2 Å². The molecule has 0 aliphatic heterocycles. The Labute approximate surface area is 105 Å². The number of rotatable bonds is 3. The lowest BCUT2D eigenvalue weighted by Gasteiger charge is -2.12. The van der Waals surface area contributed by atoms with Crippen LogP contribution in [0.4, 0.5) is 5.69 Å². The number of Topliss-reactive ketones (excluding diaryl/α,β-unsaturated/α-hetero) is 1. The van der Waals surface area contributed by atoms with Gasteiger partial charge >= 0.3 is 0 Å². The molecule has 0 saturated heterocycles. The maximum absolute atomic E-state index is 12.0. The molecular formula is C14H16N2O2. The van der Waals surface area contributed by atoms with Crippen LogP contribution in [-0.4, -0.2) is 17.4 Å². The van der Waals surface area contributed by atoms with Crippen LogP contribution in [0.15, 0.2) is 29.1 Å². The molecule has 0 aliphatic rings. The van der Waals surface area contributed by atoms with Gasteiger partial charge in [0.15, 0.2) is 0 Å². The minimum absolute atomic E-state index is 0.0305.